The maximum Gasteiger partial charge on any atom is 0.0208 e. The molecule has 0 aromatic heterocycles. The zero-order chi connectivity index (χ0) is 12.7. The minimum absolute atomic E-state index is 0.710. The van der Waals surface area contributed by atoms with E-state index in [9.17, 15) is 0 Å². The van der Waals surface area contributed by atoms with Crippen LogP contribution in [0.15, 0.2) is 18.2 Å². The molecule has 0 aliphatic carbocycles. The number of benzene rings is 1. The predicted octanol–water partition coefficient (Wildman–Crippen LogP) is 3.82. The molecule has 95 valence electrons. The number of aryl methyl sites for hydroxylation is 1. The van der Waals surface area contributed by atoms with Gasteiger partial charge in [0.25, 0.3) is 0 Å². The Kier molecular flexibility index (Phi) is 6.28. The molecule has 0 heterocycles. The van der Waals surface area contributed by atoms with Gasteiger partial charge in [0.05, 0.1) is 0 Å². The van der Waals surface area contributed by atoms with Gasteiger partial charge >= 0.3 is 0 Å². The Morgan fingerprint density at radius 3 is 2.53 bits per heavy atom. The first kappa shape index (κ1) is 14.2. The minimum atomic E-state index is 0.710. The van der Waals surface area contributed by atoms with E-state index in [1.165, 1.54) is 24.0 Å². The summed E-state index contributed by atoms with van der Waals surface area (Å²) < 4.78 is 0. The lowest BCUT2D eigenvalue weighted by molar-refractivity contribution is 0.547. The van der Waals surface area contributed by atoms with Gasteiger partial charge in [-0.15, -0.1) is 0 Å². The number of rotatable bonds is 7. The molecular weight excluding hydrogens is 206 g/mol. The maximum atomic E-state index is 3.51. The summed E-state index contributed by atoms with van der Waals surface area (Å²) in [5.41, 5.74) is 2.89. The summed E-state index contributed by atoms with van der Waals surface area (Å²) in [5, 5.41) is 3.51. The van der Waals surface area contributed by atoms with E-state index < -0.39 is 0 Å². The number of nitrogens with one attached hydrogen (secondary N) is 1. The molecule has 1 aromatic carbocycles. The first-order valence-corrected chi connectivity index (χ1v) is 6.78. The van der Waals surface area contributed by atoms with Crippen LogP contribution < -0.4 is 5.32 Å². The van der Waals surface area contributed by atoms with Crippen molar-refractivity contribution < 1.29 is 0 Å². The standard InChI is InChI=1S/C16H26N/c1-13(2)9-10-15-7-5-6-8-16(15)12-17-11-14(3)4/h5,7-8,13-14,17H,9-12H2,1-4H3. The molecule has 0 aliphatic heterocycles. The van der Waals surface area contributed by atoms with Gasteiger partial charge in [0.2, 0.25) is 0 Å². The molecule has 1 nitrogen and oxygen atoms in total. The van der Waals surface area contributed by atoms with Gasteiger partial charge in [-0.1, -0.05) is 39.8 Å². The van der Waals surface area contributed by atoms with Gasteiger partial charge in [-0.2, -0.15) is 0 Å². The third-order valence-electron chi connectivity index (χ3n) is 2.91. The molecule has 1 rings (SSSR count). The second-order valence-electron chi connectivity index (χ2n) is 5.65. The summed E-state index contributed by atoms with van der Waals surface area (Å²) in [7, 11) is 0. The van der Waals surface area contributed by atoms with Crippen LogP contribution in [0.25, 0.3) is 0 Å². The van der Waals surface area contributed by atoms with Crippen molar-refractivity contribution >= 4 is 0 Å². The highest BCUT2D eigenvalue weighted by Crippen LogP contribution is 2.13. The van der Waals surface area contributed by atoms with Gasteiger partial charge in [-0.25, -0.2) is 0 Å². The molecule has 0 saturated heterocycles. The summed E-state index contributed by atoms with van der Waals surface area (Å²) in [5.74, 6) is 1.48. The van der Waals surface area contributed by atoms with Gasteiger partial charge in [-0.3, -0.25) is 0 Å². The van der Waals surface area contributed by atoms with Crippen molar-refractivity contribution in [1.29, 1.82) is 0 Å². The average Bonchev–Trinajstić information content (AvgIpc) is 2.27. The molecule has 0 spiro atoms. The predicted molar refractivity (Wildman–Crippen MR) is 75.0 cm³/mol. The van der Waals surface area contributed by atoms with Crippen molar-refractivity contribution in [3.8, 4) is 0 Å². The summed E-state index contributed by atoms with van der Waals surface area (Å²) >= 11 is 0. The second-order valence-corrected chi connectivity index (χ2v) is 5.65. The lowest BCUT2D eigenvalue weighted by Crippen LogP contribution is -2.19. The van der Waals surface area contributed by atoms with E-state index in [0.717, 1.165) is 19.0 Å². The van der Waals surface area contributed by atoms with Crippen LogP contribution in [-0.4, -0.2) is 6.54 Å². The van der Waals surface area contributed by atoms with E-state index in [0.29, 0.717) is 5.92 Å². The van der Waals surface area contributed by atoms with Crippen LogP contribution in [0, 0.1) is 17.9 Å². The fourth-order valence-electron chi connectivity index (χ4n) is 1.85. The Morgan fingerprint density at radius 1 is 1.12 bits per heavy atom. The molecule has 1 N–H and O–H groups in total. The molecule has 1 radical (unpaired) electrons. The highest BCUT2D eigenvalue weighted by Gasteiger charge is 2.03. The van der Waals surface area contributed by atoms with Crippen LogP contribution in [0.4, 0.5) is 0 Å². The van der Waals surface area contributed by atoms with Crippen molar-refractivity contribution in [2.24, 2.45) is 11.8 Å². The molecule has 0 aliphatic rings. The highest BCUT2D eigenvalue weighted by molar-refractivity contribution is 5.26. The van der Waals surface area contributed by atoms with Crippen LogP contribution in [-0.2, 0) is 13.0 Å². The van der Waals surface area contributed by atoms with Crippen LogP contribution in [0.3, 0.4) is 0 Å². The smallest absolute Gasteiger partial charge is 0.0208 e. The number of hydrogen-bond donors (Lipinski definition) is 1. The van der Waals surface area contributed by atoms with E-state index in [-0.39, 0.29) is 0 Å². The van der Waals surface area contributed by atoms with E-state index >= 15 is 0 Å². The van der Waals surface area contributed by atoms with E-state index in [4.69, 9.17) is 0 Å². The lowest BCUT2D eigenvalue weighted by Gasteiger charge is -2.12. The third-order valence-corrected chi connectivity index (χ3v) is 2.91. The Hall–Kier alpha value is -0.820. The first-order valence-electron chi connectivity index (χ1n) is 6.78. The van der Waals surface area contributed by atoms with Gasteiger partial charge in [0.15, 0.2) is 0 Å². The number of hydrogen-bond acceptors (Lipinski definition) is 1. The van der Waals surface area contributed by atoms with Crippen molar-refractivity contribution in [3.63, 3.8) is 0 Å². The van der Waals surface area contributed by atoms with Crippen LogP contribution in [0.5, 0.6) is 0 Å². The Bertz CT molecular complexity index is 315. The van der Waals surface area contributed by atoms with Gasteiger partial charge in [0.1, 0.15) is 0 Å². The maximum absolute atomic E-state index is 3.51. The molecule has 1 aromatic rings. The van der Waals surface area contributed by atoms with Crippen molar-refractivity contribution in [2.75, 3.05) is 6.54 Å². The first-order chi connectivity index (χ1) is 8.09. The van der Waals surface area contributed by atoms with Gasteiger partial charge in [0, 0.05) is 6.54 Å². The summed E-state index contributed by atoms with van der Waals surface area (Å²) in [6.07, 6.45) is 2.45. The molecule has 0 saturated carbocycles. The Balaban J connectivity index is 2.51. The molecule has 0 unspecified atom stereocenters. The molecule has 0 atom stereocenters. The second kappa shape index (κ2) is 7.50. The highest BCUT2D eigenvalue weighted by atomic mass is 14.8. The average molecular weight is 232 g/mol. The Labute approximate surface area is 107 Å². The molecular formula is C16H26N. The zero-order valence-corrected chi connectivity index (χ0v) is 11.7. The quantitative estimate of drug-likeness (QED) is 0.753. The molecule has 0 fully saturated rings. The van der Waals surface area contributed by atoms with E-state index in [1.54, 1.807) is 0 Å². The van der Waals surface area contributed by atoms with Crippen molar-refractivity contribution in [1.82, 2.24) is 5.32 Å². The largest absolute Gasteiger partial charge is 0.312 e. The summed E-state index contributed by atoms with van der Waals surface area (Å²) in [6.45, 7) is 11.1. The molecule has 0 amide bonds. The van der Waals surface area contributed by atoms with Gasteiger partial charge < -0.3 is 5.32 Å². The van der Waals surface area contributed by atoms with E-state index in [1.807, 2.05) is 6.07 Å². The van der Waals surface area contributed by atoms with E-state index in [2.05, 4.69) is 51.2 Å². The van der Waals surface area contributed by atoms with Crippen molar-refractivity contribution in [3.05, 3.63) is 35.4 Å². The van der Waals surface area contributed by atoms with Gasteiger partial charge in [-0.05, 0) is 54.5 Å². The van der Waals surface area contributed by atoms with Crippen molar-refractivity contribution in [2.45, 2.75) is 47.1 Å². The Morgan fingerprint density at radius 2 is 1.88 bits per heavy atom. The third kappa shape index (κ3) is 5.88. The zero-order valence-electron chi connectivity index (χ0n) is 11.7. The lowest BCUT2D eigenvalue weighted by atomic mass is 9.98. The normalized spacial score (nSPS) is 11.4. The summed E-state index contributed by atoms with van der Waals surface area (Å²) in [4.78, 5) is 0. The molecule has 0 bridgehead atoms. The van der Waals surface area contributed by atoms with Crippen LogP contribution in [0.1, 0.15) is 45.2 Å². The fourth-order valence-corrected chi connectivity index (χ4v) is 1.85. The van der Waals surface area contributed by atoms with Crippen LogP contribution >= 0.6 is 0 Å². The monoisotopic (exact) mass is 232 g/mol. The fraction of sp³-hybridized carbons (Fsp3) is 0.625. The summed E-state index contributed by atoms with van der Waals surface area (Å²) in [6, 6.07) is 9.56. The molecule has 1 heteroatoms. The topological polar surface area (TPSA) is 12.0 Å². The molecule has 17 heavy (non-hydrogen) atoms. The van der Waals surface area contributed by atoms with Crippen LogP contribution in [0.2, 0.25) is 0 Å². The minimum Gasteiger partial charge on any atom is -0.312 e. The SMILES string of the molecule is CC(C)CCc1cc[c]cc1CNCC(C)C.